The van der Waals surface area contributed by atoms with Gasteiger partial charge in [0.2, 0.25) is 5.90 Å². The van der Waals surface area contributed by atoms with Crippen molar-refractivity contribution in [3.8, 4) is 5.75 Å². The van der Waals surface area contributed by atoms with Gasteiger partial charge in [-0.05, 0) is 75.2 Å². The predicted octanol–water partition coefficient (Wildman–Crippen LogP) is 6.06. The van der Waals surface area contributed by atoms with Gasteiger partial charge < -0.3 is 19.3 Å². The maximum Gasteiger partial charge on any atom is 0.306 e. The van der Waals surface area contributed by atoms with Crippen molar-refractivity contribution in [2.75, 3.05) is 13.2 Å². The molecule has 0 spiro atoms. The number of hydrogen-bond acceptors (Lipinski definition) is 8. The van der Waals surface area contributed by atoms with E-state index in [4.69, 9.17) is 35.9 Å². The van der Waals surface area contributed by atoms with E-state index in [2.05, 4.69) is 26.8 Å². The van der Waals surface area contributed by atoms with Crippen LogP contribution in [0.3, 0.4) is 0 Å². The first kappa shape index (κ1) is 33.5. The highest BCUT2D eigenvalue weighted by Gasteiger charge is 2.54. The van der Waals surface area contributed by atoms with E-state index >= 15 is 0 Å². The SMILES string of the molecule is CC(C)(C)OC(=O)CC[C@]1(C(=O)NNCc2cccc(Cl)c2)N=C(c2ccc(OCCCO)cc2)O[C@H]1c1ccccc1Br. The number of halogens is 2. The Morgan fingerprint density at radius 2 is 1.84 bits per heavy atom. The Morgan fingerprint density at radius 1 is 1.09 bits per heavy atom. The molecule has 3 aromatic rings. The number of nitrogens with zero attached hydrogens (tertiary/aromatic N) is 1. The van der Waals surface area contributed by atoms with E-state index in [1.807, 2.05) is 36.4 Å². The summed E-state index contributed by atoms with van der Waals surface area (Å²) in [5.41, 5.74) is 5.78. The number of hydrogen-bond donors (Lipinski definition) is 3. The van der Waals surface area contributed by atoms with E-state index in [1.54, 1.807) is 57.2 Å². The predicted molar refractivity (Wildman–Crippen MR) is 172 cm³/mol. The first-order valence-corrected chi connectivity index (χ1v) is 15.5. The molecule has 0 saturated heterocycles. The van der Waals surface area contributed by atoms with E-state index in [-0.39, 0.29) is 25.3 Å². The molecule has 9 nitrogen and oxygen atoms in total. The molecule has 3 aromatic carbocycles. The van der Waals surface area contributed by atoms with Crippen LogP contribution < -0.4 is 15.6 Å². The number of aliphatic imine (C=N–C) groups is 1. The number of aliphatic hydroxyl groups excluding tert-OH is 1. The van der Waals surface area contributed by atoms with Crippen LogP contribution in [0, 0.1) is 0 Å². The fraction of sp³-hybridized carbons (Fsp3) is 0.364. The molecule has 0 saturated carbocycles. The summed E-state index contributed by atoms with van der Waals surface area (Å²) in [5.74, 6) is -0.0394. The van der Waals surface area contributed by atoms with Crippen LogP contribution in [0.4, 0.5) is 0 Å². The van der Waals surface area contributed by atoms with Crippen molar-refractivity contribution in [1.82, 2.24) is 10.9 Å². The second-order valence-corrected chi connectivity index (χ2v) is 12.6. The fourth-order valence-corrected chi connectivity index (χ4v) is 5.41. The van der Waals surface area contributed by atoms with E-state index in [9.17, 15) is 9.59 Å². The van der Waals surface area contributed by atoms with Gasteiger partial charge in [0, 0.05) is 46.6 Å². The summed E-state index contributed by atoms with van der Waals surface area (Å²) in [5, 5.41) is 9.62. The Labute approximate surface area is 271 Å². The first-order valence-electron chi connectivity index (χ1n) is 14.4. The lowest BCUT2D eigenvalue weighted by Gasteiger charge is -2.31. The fourth-order valence-electron chi connectivity index (χ4n) is 4.70. The van der Waals surface area contributed by atoms with Crippen LogP contribution in [-0.2, 0) is 25.6 Å². The molecule has 0 fully saturated rings. The minimum atomic E-state index is -1.53. The third-order valence-corrected chi connectivity index (χ3v) is 7.69. The van der Waals surface area contributed by atoms with Crippen molar-refractivity contribution in [2.24, 2.45) is 4.99 Å². The summed E-state index contributed by atoms with van der Waals surface area (Å²) in [6.07, 6.45) is -0.405. The molecule has 44 heavy (non-hydrogen) atoms. The standard InChI is InChI=1S/C33H37BrClN3O6/c1-32(2,3)44-28(40)16-17-33(31(41)38-36-21-22-8-6-9-24(35)20-22)29(26-10-4-5-11-27(26)34)43-30(37-33)23-12-14-25(15-13-23)42-19-7-18-39/h4-6,8-15,20,29,36,39H,7,16-19,21H2,1-3H3,(H,38,41)/t29-,33-/m0/s1. The first-order chi connectivity index (χ1) is 21.0. The normalized spacial score (nSPS) is 17.9. The molecule has 0 unspecified atom stereocenters. The molecule has 1 aliphatic heterocycles. The number of esters is 1. The minimum absolute atomic E-state index is 0.0183. The minimum Gasteiger partial charge on any atom is -0.494 e. The van der Waals surface area contributed by atoms with Crippen molar-refractivity contribution >= 4 is 45.3 Å². The summed E-state index contributed by atoms with van der Waals surface area (Å²) in [6.45, 7) is 6.12. The second-order valence-electron chi connectivity index (χ2n) is 11.3. The summed E-state index contributed by atoms with van der Waals surface area (Å²) in [4.78, 5) is 32.0. The molecule has 234 valence electrons. The van der Waals surface area contributed by atoms with E-state index in [1.165, 1.54) is 0 Å². The zero-order valence-corrected chi connectivity index (χ0v) is 27.3. The van der Waals surface area contributed by atoms with Gasteiger partial charge in [0.05, 0.1) is 6.61 Å². The summed E-state index contributed by atoms with van der Waals surface area (Å²) >= 11 is 9.75. The maximum atomic E-state index is 14.2. The maximum absolute atomic E-state index is 14.2. The lowest BCUT2D eigenvalue weighted by Crippen LogP contribution is -2.52. The van der Waals surface area contributed by atoms with E-state index < -0.39 is 29.1 Å². The van der Waals surface area contributed by atoms with Crippen molar-refractivity contribution in [2.45, 2.75) is 63.8 Å². The quantitative estimate of drug-likeness (QED) is 0.114. The van der Waals surface area contributed by atoms with Gasteiger partial charge in [-0.2, -0.15) is 0 Å². The third kappa shape index (κ3) is 8.81. The molecule has 11 heteroatoms. The number of carbonyl (C=O) groups is 2. The topological polar surface area (TPSA) is 118 Å². The highest BCUT2D eigenvalue weighted by atomic mass is 79.9. The third-order valence-electron chi connectivity index (χ3n) is 6.73. The molecular formula is C33H37BrClN3O6. The zero-order chi connectivity index (χ0) is 31.7. The average molecular weight is 687 g/mol. The molecule has 0 radical (unpaired) electrons. The Bertz CT molecular complexity index is 1480. The summed E-state index contributed by atoms with van der Waals surface area (Å²) in [7, 11) is 0. The molecule has 1 heterocycles. The Kier molecular flexibility index (Phi) is 11.4. The Balaban J connectivity index is 1.69. The smallest absolute Gasteiger partial charge is 0.306 e. The van der Waals surface area contributed by atoms with E-state index in [0.717, 1.165) is 10.0 Å². The van der Waals surface area contributed by atoms with Gasteiger partial charge in [0.15, 0.2) is 11.6 Å². The van der Waals surface area contributed by atoms with Gasteiger partial charge in [-0.15, -0.1) is 0 Å². The van der Waals surface area contributed by atoms with Crippen molar-refractivity contribution < 1.29 is 28.9 Å². The molecule has 0 aliphatic carbocycles. The Morgan fingerprint density at radius 3 is 2.52 bits per heavy atom. The number of rotatable bonds is 13. The number of nitrogens with one attached hydrogen (secondary N) is 2. The van der Waals surface area contributed by atoms with Gasteiger partial charge in [-0.25, -0.2) is 10.4 Å². The average Bonchev–Trinajstić information content (AvgIpc) is 3.37. The highest BCUT2D eigenvalue weighted by Crippen LogP contribution is 2.45. The molecule has 4 rings (SSSR count). The van der Waals surface area contributed by atoms with Crippen LogP contribution in [0.2, 0.25) is 5.02 Å². The van der Waals surface area contributed by atoms with Crippen molar-refractivity contribution in [3.63, 3.8) is 0 Å². The van der Waals surface area contributed by atoms with E-state index in [0.29, 0.717) is 41.5 Å². The number of ether oxygens (including phenoxy) is 3. The number of benzene rings is 3. The van der Waals surface area contributed by atoms with Gasteiger partial charge in [-0.1, -0.05) is 57.9 Å². The lowest BCUT2D eigenvalue weighted by molar-refractivity contribution is -0.155. The Hall–Kier alpha value is -3.44. The van der Waals surface area contributed by atoms with Gasteiger partial charge in [0.25, 0.3) is 5.91 Å². The second kappa shape index (κ2) is 15.0. The summed E-state index contributed by atoms with van der Waals surface area (Å²) in [6, 6.07) is 21.9. The molecule has 0 bridgehead atoms. The van der Waals surface area contributed by atoms with Crippen molar-refractivity contribution in [3.05, 3.63) is 99.0 Å². The largest absolute Gasteiger partial charge is 0.494 e. The molecule has 0 aromatic heterocycles. The zero-order valence-electron chi connectivity index (χ0n) is 24.9. The monoisotopic (exact) mass is 685 g/mol. The molecule has 2 atom stereocenters. The van der Waals surface area contributed by atoms with Crippen molar-refractivity contribution in [1.29, 1.82) is 0 Å². The lowest BCUT2D eigenvalue weighted by atomic mass is 9.83. The van der Waals surface area contributed by atoms with Crippen LogP contribution in [0.25, 0.3) is 0 Å². The number of carbonyl (C=O) groups excluding carboxylic acids is 2. The highest BCUT2D eigenvalue weighted by molar-refractivity contribution is 9.10. The molecular weight excluding hydrogens is 650 g/mol. The number of amides is 1. The molecule has 3 N–H and O–H groups in total. The van der Waals surface area contributed by atoms with Gasteiger partial charge in [0.1, 0.15) is 11.4 Å². The molecule has 1 amide bonds. The van der Waals surface area contributed by atoms with Gasteiger partial charge >= 0.3 is 5.97 Å². The van der Waals surface area contributed by atoms with Crippen LogP contribution in [0.15, 0.2) is 82.3 Å². The van der Waals surface area contributed by atoms with Crippen LogP contribution in [0.1, 0.15) is 62.8 Å². The van der Waals surface area contributed by atoms with Crippen LogP contribution in [0.5, 0.6) is 5.75 Å². The molecule has 1 aliphatic rings. The van der Waals surface area contributed by atoms with Crippen LogP contribution in [-0.4, -0.2) is 47.2 Å². The number of aliphatic hydroxyl groups is 1. The van der Waals surface area contributed by atoms with Gasteiger partial charge in [-0.3, -0.25) is 15.0 Å². The number of hydrazine groups is 1. The summed E-state index contributed by atoms with van der Waals surface area (Å²) < 4.78 is 18.5. The van der Waals surface area contributed by atoms with Crippen LogP contribution >= 0.6 is 27.5 Å².